The summed E-state index contributed by atoms with van der Waals surface area (Å²) in [4.78, 5) is 11.1. The van der Waals surface area contributed by atoms with Gasteiger partial charge < -0.3 is 14.4 Å². The summed E-state index contributed by atoms with van der Waals surface area (Å²) in [6, 6.07) is 0. The summed E-state index contributed by atoms with van der Waals surface area (Å²) in [5, 5.41) is 11.1. The standard InChI is InChI=1S/C14H28O2.C4H12N/c1-6-7-8-9-10-11-13(2,3)14(4,5)12(15)16;1-5(2,3)4/h6-11H2,1-5H3,(H,15,16);1-4H3/q;+1/p-1. The molecule has 0 aromatic heterocycles. The highest BCUT2D eigenvalue weighted by Gasteiger charge is 2.37. The number of carboxylic acids is 1. The number of rotatable bonds is 8. The average Bonchev–Trinajstić information content (AvgIpc) is 2.25. The van der Waals surface area contributed by atoms with Gasteiger partial charge in [0.15, 0.2) is 0 Å². The quantitative estimate of drug-likeness (QED) is 0.509. The number of carbonyl (C=O) groups is 1. The molecular weight excluding hydrogens is 262 g/mol. The second-order valence-corrected chi connectivity index (χ2v) is 8.64. The van der Waals surface area contributed by atoms with Crippen molar-refractivity contribution in [2.24, 2.45) is 10.8 Å². The van der Waals surface area contributed by atoms with Crippen molar-refractivity contribution in [2.45, 2.75) is 73.1 Å². The molecule has 0 amide bonds. The van der Waals surface area contributed by atoms with Gasteiger partial charge in [0.25, 0.3) is 0 Å². The summed E-state index contributed by atoms with van der Waals surface area (Å²) in [6.45, 7) is 9.80. The summed E-state index contributed by atoms with van der Waals surface area (Å²) in [6.07, 6.45) is 7.07. The number of hydrogen-bond donors (Lipinski definition) is 0. The smallest absolute Gasteiger partial charge is 0.0675 e. The second-order valence-electron chi connectivity index (χ2n) is 8.64. The van der Waals surface area contributed by atoms with Crippen LogP contribution in [0.5, 0.6) is 0 Å². The number of carbonyl (C=O) groups excluding carboxylic acids is 1. The molecule has 0 saturated heterocycles. The second kappa shape index (κ2) is 9.45. The highest BCUT2D eigenvalue weighted by Crippen LogP contribution is 2.42. The molecule has 3 nitrogen and oxygen atoms in total. The summed E-state index contributed by atoms with van der Waals surface area (Å²) in [7, 11) is 8.50. The molecule has 0 atom stereocenters. The minimum Gasteiger partial charge on any atom is -0.550 e. The molecule has 21 heavy (non-hydrogen) atoms. The van der Waals surface area contributed by atoms with Crippen molar-refractivity contribution in [3.8, 4) is 0 Å². The molecule has 0 rings (SSSR count). The molecular formula is C18H39NO2. The van der Waals surface area contributed by atoms with Crippen LogP contribution in [0.1, 0.15) is 73.1 Å². The summed E-state index contributed by atoms with van der Waals surface area (Å²) >= 11 is 0. The van der Waals surface area contributed by atoms with E-state index in [4.69, 9.17) is 0 Å². The van der Waals surface area contributed by atoms with Gasteiger partial charge in [0, 0.05) is 11.4 Å². The third kappa shape index (κ3) is 11.7. The maximum absolute atomic E-state index is 11.1. The largest absolute Gasteiger partial charge is 0.550 e. The zero-order valence-electron chi connectivity index (χ0n) is 16.0. The Bertz CT molecular complexity index is 282. The molecule has 0 unspecified atom stereocenters. The van der Waals surface area contributed by atoms with Gasteiger partial charge in [-0.3, -0.25) is 0 Å². The van der Waals surface area contributed by atoms with Crippen LogP contribution < -0.4 is 5.11 Å². The molecule has 0 aliphatic rings. The first kappa shape index (κ1) is 22.7. The topological polar surface area (TPSA) is 40.1 Å². The fourth-order valence-electron chi connectivity index (χ4n) is 1.76. The van der Waals surface area contributed by atoms with E-state index in [0.717, 1.165) is 17.3 Å². The molecule has 0 aliphatic carbocycles. The zero-order chi connectivity index (χ0) is 17.3. The number of nitrogens with zero attached hydrogens (tertiary/aromatic N) is 1. The monoisotopic (exact) mass is 301 g/mol. The lowest BCUT2D eigenvalue weighted by molar-refractivity contribution is -0.849. The normalized spacial score (nSPS) is 12.6. The van der Waals surface area contributed by atoms with E-state index in [-0.39, 0.29) is 5.41 Å². The molecule has 0 saturated carbocycles. The van der Waals surface area contributed by atoms with Gasteiger partial charge in [-0.2, -0.15) is 0 Å². The molecule has 0 fully saturated rings. The van der Waals surface area contributed by atoms with E-state index < -0.39 is 11.4 Å². The third-order valence-corrected chi connectivity index (χ3v) is 4.11. The van der Waals surface area contributed by atoms with Crippen molar-refractivity contribution in [3.63, 3.8) is 0 Å². The van der Waals surface area contributed by atoms with Gasteiger partial charge in [-0.1, -0.05) is 66.7 Å². The van der Waals surface area contributed by atoms with E-state index in [1.54, 1.807) is 13.8 Å². The predicted octanol–water partition coefficient (Wildman–Crippen LogP) is 3.47. The zero-order valence-corrected chi connectivity index (χ0v) is 16.0. The minimum atomic E-state index is -0.939. The van der Waals surface area contributed by atoms with E-state index >= 15 is 0 Å². The fourth-order valence-corrected chi connectivity index (χ4v) is 1.76. The molecule has 3 heteroatoms. The number of quaternary nitrogens is 1. The summed E-state index contributed by atoms with van der Waals surface area (Å²) in [5.74, 6) is -0.939. The van der Waals surface area contributed by atoms with E-state index in [2.05, 4.69) is 35.1 Å². The Morgan fingerprint density at radius 1 is 0.905 bits per heavy atom. The maximum Gasteiger partial charge on any atom is 0.0675 e. The molecule has 128 valence electrons. The van der Waals surface area contributed by atoms with Crippen LogP contribution in [-0.4, -0.2) is 38.6 Å². The van der Waals surface area contributed by atoms with Gasteiger partial charge in [0.2, 0.25) is 0 Å². The van der Waals surface area contributed by atoms with Crippen LogP contribution in [0.2, 0.25) is 0 Å². The van der Waals surface area contributed by atoms with Crippen LogP contribution in [0.3, 0.4) is 0 Å². The molecule has 0 aliphatic heterocycles. The maximum atomic E-state index is 11.1. The van der Waals surface area contributed by atoms with Crippen LogP contribution in [-0.2, 0) is 4.79 Å². The van der Waals surface area contributed by atoms with E-state index in [9.17, 15) is 9.90 Å². The average molecular weight is 302 g/mol. The molecule has 0 aromatic carbocycles. The van der Waals surface area contributed by atoms with Crippen molar-refractivity contribution in [2.75, 3.05) is 28.2 Å². The third-order valence-electron chi connectivity index (χ3n) is 4.11. The van der Waals surface area contributed by atoms with Gasteiger partial charge in [-0.25, -0.2) is 0 Å². The van der Waals surface area contributed by atoms with Crippen molar-refractivity contribution < 1.29 is 14.4 Å². The Labute approximate surface area is 133 Å². The Balaban J connectivity index is 0. The predicted molar refractivity (Wildman–Crippen MR) is 89.9 cm³/mol. The van der Waals surface area contributed by atoms with Crippen molar-refractivity contribution in [1.29, 1.82) is 0 Å². The lowest BCUT2D eigenvalue weighted by Gasteiger charge is -2.42. The first-order valence-corrected chi connectivity index (χ1v) is 8.26. The highest BCUT2D eigenvalue weighted by molar-refractivity contribution is 5.72. The van der Waals surface area contributed by atoms with E-state index in [1.165, 1.54) is 25.7 Å². The van der Waals surface area contributed by atoms with Gasteiger partial charge >= 0.3 is 0 Å². The van der Waals surface area contributed by atoms with E-state index in [1.807, 2.05) is 13.8 Å². The number of hydrogen-bond acceptors (Lipinski definition) is 2. The lowest BCUT2D eigenvalue weighted by atomic mass is 9.65. The molecule has 0 radical (unpaired) electrons. The summed E-state index contributed by atoms with van der Waals surface area (Å²) in [5.41, 5.74) is -0.949. The number of unbranched alkanes of at least 4 members (excludes halogenated alkanes) is 4. The number of carboxylic acid groups (broad SMARTS) is 1. The van der Waals surface area contributed by atoms with Crippen LogP contribution in [0.25, 0.3) is 0 Å². The van der Waals surface area contributed by atoms with E-state index in [0.29, 0.717) is 0 Å². The first-order valence-electron chi connectivity index (χ1n) is 8.26. The first-order chi connectivity index (χ1) is 9.25. The van der Waals surface area contributed by atoms with Crippen molar-refractivity contribution in [3.05, 3.63) is 0 Å². The minimum absolute atomic E-state index is 0.196. The molecule has 0 heterocycles. The van der Waals surface area contributed by atoms with Crippen molar-refractivity contribution in [1.82, 2.24) is 0 Å². The van der Waals surface area contributed by atoms with Gasteiger partial charge in [-0.05, 0) is 11.8 Å². The molecule has 0 bridgehead atoms. The lowest BCUT2D eigenvalue weighted by Crippen LogP contribution is -2.47. The Morgan fingerprint density at radius 3 is 1.62 bits per heavy atom. The van der Waals surface area contributed by atoms with Gasteiger partial charge in [-0.15, -0.1) is 0 Å². The van der Waals surface area contributed by atoms with Gasteiger partial charge in [0.1, 0.15) is 0 Å². The summed E-state index contributed by atoms with van der Waals surface area (Å²) < 4.78 is 1.00. The molecule has 0 spiro atoms. The van der Waals surface area contributed by atoms with Crippen LogP contribution in [0.15, 0.2) is 0 Å². The Kier molecular flexibility index (Phi) is 10.2. The fraction of sp³-hybridized carbons (Fsp3) is 0.944. The van der Waals surface area contributed by atoms with Crippen molar-refractivity contribution >= 4 is 5.97 Å². The van der Waals surface area contributed by atoms with Crippen LogP contribution in [0.4, 0.5) is 0 Å². The van der Waals surface area contributed by atoms with Crippen LogP contribution in [0, 0.1) is 10.8 Å². The molecule has 0 N–H and O–H groups in total. The highest BCUT2D eigenvalue weighted by atomic mass is 16.4. The number of aliphatic carboxylic acids is 1. The molecule has 0 aromatic rings. The Morgan fingerprint density at radius 2 is 1.29 bits per heavy atom. The van der Waals surface area contributed by atoms with Gasteiger partial charge in [0.05, 0.1) is 28.2 Å². The Hall–Kier alpha value is -0.570. The SMILES string of the molecule is CCCCCCCC(C)(C)C(C)(C)C(=O)[O-].C[N+](C)(C)C. The van der Waals surface area contributed by atoms with Crippen LogP contribution >= 0.6 is 0 Å².